The van der Waals surface area contributed by atoms with Crippen LogP contribution in [0.5, 0.6) is 5.75 Å². The van der Waals surface area contributed by atoms with E-state index in [-0.39, 0.29) is 19.1 Å². The second kappa shape index (κ2) is 13.0. The summed E-state index contributed by atoms with van der Waals surface area (Å²) in [6.45, 7) is 7.26. The summed E-state index contributed by atoms with van der Waals surface area (Å²) in [5.41, 5.74) is 3.23. The van der Waals surface area contributed by atoms with Gasteiger partial charge in [0.2, 0.25) is 5.91 Å². The Kier molecular flexibility index (Phi) is 9.43. The van der Waals surface area contributed by atoms with Gasteiger partial charge in [-0.2, -0.15) is 13.2 Å². The van der Waals surface area contributed by atoms with Crippen molar-refractivity contribution in [1.82, 2.24) is 19.9 Å². The largest absolute Gasteiger partial charge is 0.487 e. The van der Waals surface area contributed by atoms with Gasteiger partial charge >= 0.3 is 6.18 Å². The molecule has 0 aliphatic rings. The first-order valence-electron chi connectivity index (χ1n) is 13.5. The van der Waals surface area contributed by atoms with E-state index in [1.807, 2.05) is 45.0 Å². The molecule has 0 bridgehead atoms. The van der Waals surface area contributed by atoms with E-state index < -0.39 is 17.3 Å². The summed E-state index contributed by atoms with van der Waals surface area (Å²) in [6.07, 6.45) is 0.00331. The topological polar surface area (TPSA) is 98.5 Å². The summed E-state index contributed by atoms with van der Waals surface area (Å²) in [6, 6.07) is 11.2. The fourth-order valence-corrected chi connectivity index (χ4v) is 4.81. The van der Waals surface area contributed by atoms with Gasteiger partial charge in [0, 0.05) is 55.1 Å². The predicted octanol–water partition coefficient (Wildman–Crippen LogP) is 5.56. The van der Waals surface area contributed by atoms with Crippen molar-refractivity contribution >= 4 is 22.5 Å². The molecule has 0 atom stereocenters. The first kappa shape index (κ1) is 31.1. The summed E-state index contributed by atoms with van der Waals surface area (Å²) in [7, 11) is 1.69. The Labute approximate surface area is 247 Å². The molecule has 0 saturated carbocycles. The van der Waals surface area contributed by atoms with E-state index in [4.69, 9.17) is 9.72 Å². The van der Waals surface area contributed by atoms with Crippen LogP contribution in [-0.4, -0.2) is 39.7 Å². The summed E-state index contributed by atoms with van der Waals surface area (Å²) in [5, 5.41) is 3.62. The lowest BCUT2D eigenvalue weighted by atomic mass is 9.97. The number of carbonyl (C=O) groups excluding carboxylic acids is 1. The highest BCUT2D eigenvalue weighted by Gasteiger charge is 2.34. The van der Waals surface area contributed by atoms with Gasteiger partial charge in [-0.25, -0.2) is 4.98 Å². The van der Waals surface area contributed by atoms with Crippen LogP contribution in [0.25, 0.3) is 10.9 Å². The summed E-state index contributed by atoms with van der Waals surface area (Å²) in [4.78, 5) is 37.8. The van der Waals surface area contributed by atoms with Crippen LogP contribution < -0.4 is 15.6 Å². The number of hydrogen-bond acceptors (Lipinski definition) is 6. The number of allylic oxidation sites excluding steroid dienone is 1. The lowest BCUT2D eigenvalue weighted by Crippen LogP contribution is -2.29. The molecule has 0 fully saturated rings. The fraction of sp³-hybridized carbons (Fsp3) is 0.281. The maximum absolute atomic E-state index is 13.3. The number of para-hydroxylation sites is 1. The number of alkyl halides is 3. The third-order valence-corrected chi connectivity index (χ3v) is 6.99. The number of amides is 1. The van der Waals surface area contributed by atoms with Gasteiger partial charge in [-0.05, 0) is 62.2 Å². The minimum absolute atomic E-state index is 0.0458. The number of aryl methyl sites for hydroxylation is 2. The molecule has 1 amide bonds. The number of benzene rings is 1. The molecule has 0 unspecified atom stereocenters. The molecular weight excluding hydrogens is 559 g/mol. The highest BCUT2D eigenvalue weighted by atomic mass is 19.4. The highest BCUT2D eigenvalue weighted by molar-refractivity contribution is 6.19. The highest BCUT2D eigenvalue weighted by Crippen LogP contribution is 2.30. The molecule has 4 rings (SSSR count). The van der Waals surface area contributed by atoms with E-state index in [0.717, 1.165) is 38.4 Å². The summed E-state index contributed by atoms with van der Waals surface area (Å²) < 4.78 is 47.3. The number of nitrogens with one attached hydrogen (secondary N) is 1. The monoisotopic (exact) mass is 591 g/mol. The van der Waals surface area contributed by atoms with Crippen LogP contribution in [0.1, 0.15) is 47.5 Å². The molecule has 0 spiro atoms. The molecule has 0 aliphatic carbocycles. The average Bonchev–Trinajstić information content (AvgIpc) is 2.95. The third-order valence-electron chi connectivity index (χ3n) is 6.99. The zero-order valence-corrected chi connectivity index (χ0v) is 24.5. The molecule has 0 aliphatic heterocycles. The summed E-state index contributed by atoms with van der Waals surface area (Å²) >= 11 is 0. The Morgan fingerprint density at radius 1 is 1.16 bits per heavy atom. The van der Waals surface area contributed by atoms with E-state index in [9.17, 15) is 22.8 Å². The van der Waals surface area contributed by atoms with E-state index >= 15 is 0 Å². The predicted molar refractivity (Wildman–Crippen MR) is 159 cm³/mol. The van der Waals surface area contributed by atoms with Crippen molar-refractivity contribution in [2.45, 2.75) is 47.0 Å². The Bertz CT molecular complexity index is 1790. The molecule has 3 aromatic heterocycles. The molecule has 3 heterocycles. The van der Waals surface area contributed by atoms with Gasteiger partial charge < -0.3 is 14.6 Å². The second-order valence-corrected chi connectivity index (χ2v) is 9.95. The Balaban J connectivity index is 1.70. The zero-order valence-electron chi connectivity index (χ0n) is 24.5. The average molecular weight is 592 g/mol. The number of ether oxygens (including phenoxy) is 1. The van der Waals surface area contributed by atoms with Crippen LogP contribution in [0, 0.1) is 13.8 Å². The maximum Gasteiger partial charge on any atom is 0.421 e. The van der Waals surface area contributed by atoms with Gasteiger partial charge in [0.25, 0.3) is 5.56 Å². The molecule has 224 valence electrons. The minimum atomic E-state index is -4.76. The van der Waals surface area contributed by atoms with Gasteiger partial charge in [-0.3, -0.25) is 19.6 Å². The molecule has 1 aromatic carbocycles. The SMILES string of the molecule is C/C=C(/CNC(C)=O)C(=NC)c1cc(C)nc2c(OCc3c(C)ccnc3Cn3cccc(C(F)(F)F)c3=O)cccc12. The number of halogens is 3. The van der Waals surface area contributed by atoms with E-state index in [1.165, 1.54) is 19.2 Å². The quantitative estimate of drug-likeness (QED) is 0.257. The molecule has 0 saturated heterocycles. The van der Waals surface area contributed by atoms with Crippen molar-refractivity contribution in [2.24, 2.45) is 4.99 Å². The second-order valence-electron chi connectivity index (χ2n) is 9.95. The summed E-state index contributed by atoms with van der Waals surface area (Å²) in [5.74, 6) is 0.344. The van der Waals surface area contributed by atoms with E-state index in [0.29, 0.717) is 34.8 Å². The van der Waals surface area contributed by atoms with Crippen LogP contribution in [0.2, 0.25) is 0 Å². The number of fused-ring (bicyclic) bond motifs is 1. The van der Waals surface area contributed by atoms with E-state index in [2.05, 4.69) is 15.3 Å². The molecule has 1 N–H and O–H groups in total. The Morgan fingerprint density at radius 2 is 1.93 bits per heavy atom. The van der Waals surface area contributed by atoms with Gasteiger partial charge in [-0.15, -0.1) is 0 Å². The Morgan fingerprint density at radius 3 is 2.60 bits per heavy atom. The Hall–Kier alpha value is -4.80. The number of rotatable bonds is 9. The molecule has 0 radical (unpaired) electrons. The number of hydrogen-bond donors (Lipinski definition) is 1. The third kappa shape index (κ3) is 6.99. The van der Waals surface area contributed by atoms with E-state index in [1.54, 1.807) is 25.4 Å². The first-order valence-corrected chi connectivity index (χ1v) is 13.5. The first-order chi connectivity index (χ1) is 20.4. The lowest BCUT2D eigenvalue weighted by molar-refractivity contribution is -0.139. The van der Waals surface area contributed by atoms with Gasteiger partial charge in [-0.1, -0.05) is 18.2 Å². The molecule has 4 aromatic rings. The van der Waals surface area contributed by atoms with Crippen molar-refractivity contribution in [3.05, 3.63) is 111 Å². The van der Waals surface area contributed by atoms with Gasteiger partial charge in [0.05, 0.1) is 18.0 Å². The maximum atomic E-state index is 13.3. The van der Waals surface area contributed by atoms with Crippen molar-refractivity contribution in [3.8, 4) is 5.75 Å². The molecule has 43 heavy (non-hydrogen) atoms. The van der Waals surface area contributed by atoms with Crippen LogP contribution in [0.15, 0.2) is 76.3 Å². The van der Waals surface area contributed by atoms with Crippen molar-refractivity contribution < 1.29 is 22.7 Å². The number of aliphatic imine (C=N–C) groups is 1. The van der Waals surface area contributed by atoms with Crippen LogP contribution in [-0.2, 0) is 24.1 Å². The molecule has 11 heteroatoms. The van der Waals surface area contributed by atoms with Crippen LogP contribution in [0.4, 0.5) is 13.2 Å². The molecule has 8 nitrogen and oxygen atoms in total. The van der Waals surface area contributed by atoms with Crippen molar-refractivity contribution in [3.63, 3.8) is 0 Å². The fourth-order valence-electron chi connectivity index (χ4n) is 4.81. The van der Waals surface area contributed by atoms with Crippen LogP contribution >= 0.6 is 0 Å². The minimum Gasteiger partial charge on any atom is -0.487 e. The smallest absolute Gasteiger partial charge is 0.421 e. The number of aromatic nitrogens is 3. The van der Waals surface area contributed by atoms with Crippen LogP contribution in [0.3, 0.4) is 0 Å². The molecular formula is C32H32F3N5O3. The number of pyridine rings is 3. The standard InChI is InChI=1S/C32H32F3N5O3/c1-6-22(16-38-21(4)41)29(36-5)24-15-20(3)39-30-23(24)9-7-11-28(30)43-18-25-19(2)12-13-37-27(25)17-40-14-8-10-26(31(40)42)32(33,34)35/h6-15H,16-18H2,1-5H3,(H,38,41)/b22-6-,36-29?. The normalized spacial score (nSPS) is 12.5. The zero-order chi connectivity index (χ0) is 31.3. The lowest BCUT2D eigenvalue weighted by Gasteiger charge is -2.17. The number of nitrogens with zero attached hydrogens (tertiary/aromatic N) is 4. The van der Waals surface area contributed by atoms with Gasteiger partial charge in [0.1, 0.15) is 23.4 Å². The van der Waals surface area contributed by atoms with Crippen molar-refractivity contribution in [1.29, 1.82) is 0 Å². The van der Waals surface area contributed by atoms with Crippen molar-refractivity contribution in [2.75, 3.05) is 13.6 Å². The number of carbonyl (C=O) groups is 1. The van der Waals surface area contributed by atoms with Gasteiger partial charge in [0.15, 0.2) is 0 Å².